The van der Waals surface area contributed by atoms with Crippen LogP contribution in [0.25, 0.3) is 16.6 Å². The summed E-state index contributed by atoms with van der Waals surface area (Å²) in [5.41, 5.74) is 3.39. The maximum Gasteiger partial charge on any atom is 0.193 e. The molecule has 0 atom stereocenters. The first-order valence-corrected chi connectivity index (χ1v) is 10.9. The minimum atomic E-state index is -0.0867. The van der Waals surface area contributed by atoms with Crippen LogP contribution in [0.3, 0.4) is 0 Å². The first kappa shape index (κ1) is 20.6. The third-order valence-electron chi connectivity index (χ3n) is 5.55. The van der Waals surface area contributed by atoms with E-state index in [1.54, 1.807) is 19.4 Å². The second kappa shape index (κ2) is 9.04. The lowest BCUT2D eigenvalue weighted by Gasteiger charge is -2.20. The van der Waals surface area contributed by atoms with Crippen molar-refractivity contribution in [2.75, 3.05) is 17.7 Å². The number of methoxy groups -OCH3 is 1. The molecular weight excluding hydrogens is 412 g/mol. The zero-order valence-electron chi connectivity index (χ0n) is 18.3. The van der Waals surface area contributed by atoms with Crippen LogP contribution in [0.4, 0.5) is 17.3 Å². The van der Waals surface area contributed by atoms with Gasteiger partial charge in [0.2, 0.25) is 0 Å². The molecule has 1 aliphatic carbocycles. The van der Waals surface area contributed by atoms with Gasteiger partial charge in [0, 0.05) is 29.7 Å². The molecule has 0 amide bonds. The molecule has 0 bridgehead atoms. The van der Waals surface area contributed by atoms with Crippen LogP contribution < -0.4 is 20.8 Å². The van der Waals surface area contributed by atoms with E-state index in [2.05, 4.69) is 38.4 Å². The fourth-order valence-electron chi connectivity index (χ4n) is 3.97. The number of benzene rings is 2. The van der Waals surface area contributed by atoms with Crippen LogP contribution in [-0.2, 0) is 0 Å². The summed E-state index contributed by atoms with van der Waals surface area (Å²) < 4.78 is 7.50. The van der Waals surface area contributed by atoms with Gasteiger partial charge in [-0.2, -0.15) is 0 Å². The van der Waals surface area contributed by atoms with Gasteiger partial charge >= 0.3 is 0 Å². The van der Waals surface area contributed by atoms with E-state index in [1.165, 1.54) is 0 Å². The fourth-order valence-corrected chi connectivity index (χ4v) is 3.97. The maximum atomic E-state index is 13.0. The smallest absolute Gasteiger partial charge is 0.193 e. The lowest BCUT2D eigenvalue weighted by Crippen LogP contribution is -2.15. The molecule has 2 N–H and O–H groups in total. The normalized spacial score (nSPS) is 12.9. The van der Waals surface area contributed by atoms with Crippen LogP contribution >= 0.6 is 0 Å². The number of pyridine rings is 2. The van der Waals surface area contributed by atoms with Crippen molar-refractivity contribution in [3.05, 3.63) is 107 Å². The van der Waals surface area contributed by atoms with Gasteiger partial charge in [0.05, 0.1) is 23.7 Å². The highest BCUT2D eigenvalue weighted by Gasteiger charge is 2.14. The molecule has 0 aliphatic heterocycles. The summed E-state index contributed by atoms with van der Waals surface area (Å²) in [5.74, 6) is 2.03. The Morgan fingerprint density at radius 3 is 2.58 bits per heavy atom. The lowest BCUT2D eigenvalue weighted by molar-refractivity contribution is 0.417. The minimum absolute atomic E-state index is 0.0867. The van der Waals surface area contributed by atoms with Gasteiger partial charge in [0.15, 0.2) is 5.43 Å². The Bertz CT molecular complexity index is 1420. The Morgan fingerprint density at radius 1 is 0.970 bits per heavy atom. The maximum absolute atomic E-state index is 13.0. The van der Waals surface area contributed by atoms with Gasteiger partial charge in [-0.3, -0.25) is 9.36 Å². The second-order valence-corrected chi connectivity index (χ2v) is 7.74. The molecule has 1 aliphatic rings. The zero-order valence-corrected chi connectivity index (χ0v) is 18.3. The van der Waals surface area contributed by atoms with Crippen LogP contribution in [0.2, 0.25) is 0 Å². The second-order valence-electron chi connectivity index (χ2n) is 7.74. The first-order valence-electron chi connectivity index (χ1n) is 10.9. The van der Waals surface area contributed by atoms with Crippen molar-refractivity contribution in [3.8, 4) is 11.4 Å². The van der Waals surface area contributed by atoms with Crippen molar-refractivity contribution in [2.45, 2.75) is 12.8 Å². The molecule has 33 heavy (non-hydrogen) atoms. The number of hydrogen-bond acceptors (Lipinski definition) is 5. The van der Waals surface area contributed by atoms with Crippen molar-refractivity contribution in [1.82, 2.24) is 9.55 Å². The number of allylic oxidation sites excluding steroid dienone is 3. The number of para-hydroxylation sites is 3. The Balaban J connectivity index is 1.68. The first-order chi connectivity index (χ1) is 16.2. The predicted octanol–water partition coefficient (Wildman–Crippen LogP) is 5.78. The average Bonchev–Trinajstić information content (AvgIpc) is 2.85. The number of ether oxygens (including phenoxy) is 1. The summed E-state index contributed by atoms with van der Waals surface area (Å²) in [4.78, 5) is 17.5. The number of anilines is 3. The van der Waals surface area contributed by atoms with Crippen LogP contribution in [0, 0.1) is 0 Å². The lowest BCUT2D eigenvalue weighted by atomic mass is 10.1. The van der Waals surface area contributed by atoms with Crippen LogP contribution in [0.15, 0.2) is 102 Å². The molecule has 0 radical (unpaired) electrons. The van der Waals surface area contributed by atoms with Crippen molar-refractivity contribution in [2.24, 2.45) is 0 Å². The fraction of sp³-hybridized carbons (Fsp3) is 0.111. The third kappa shape index (κ3) is 4.23. The number of nitrogens with one attached hydrogen (secondary N) is 2. The molecule has 164 valence electrons. The summed E-state index contributed by atoms with van der Waals surface area (Å²) in [6, 6.07) is 21.2. The highest BCUT2D eigenvalue weighted by molar-refractivity contribution is 5.85. The van der Waals surface area contributed by atoms with E-state index in [0.717, 1.165) is 35.4 Å². The molecule has 6 heteroatoms. The zero-order chi connectivity index (χ0) is 22.6. The number of fused-ring (bicyclic) bond motifs is 1. The van der Waals surface area contributed by atoms with Gasteiger partial charge in [-0.05, 0) is 43.2 Å². The number of nitrogens with zero attached hydrogens (tertiary/aromatic N) is 2. The third-order valence-corrected chi connectivity index (χ3v) is 5.55. The molecule has 0 fully saturated rings. The molecule has 0 spiro atoms. The largest absolute Gasteiger partial charge is 0.495 e. The summed E-state index contributed by atoms with van der Waals surface area (Å²) in [6.07, 6.45) is 9.95. The molecule has 4 aromatic rings. The molecule has 2 heterocycles. The van der Waals surface area contributed by atoms with Gasteiger partial charge in [-0.1, -0.05) is 42.5 Å². The van der Waals surface area contributed by atoms with Crippen LogP contribution in [-0.4, -0.2) is 16.7 Å². The minimum Gasteiger partial charge on any atom is -0.495 e. The Hall–Kier alpha value is -4.32. The van der Waals surface area contributed by atoms with Gasteiger partial charge in [-0.15, -0.1) is 0 Å². The average molecular weight is 437 g/mol. The predicted molar refractivity (Wildman–Crippen MR) is 134 cm³/mol. The molecule has 0 unspecified atom stereocenters. The summed E-state index contributed by atoms with van der Waals surface area (Å²) in [5, 5.41) is 7.31. The molecule has 2 aromatic heterocycles. The molecule has 2 aromatic carbocycles. The molecule has 6 nitrogen and oxygen atoms in total. The van der Waals surface area contributed by atoms with E-state index >= 15 is 0 Å². The molecule has 5 rings (SSSR count). The van der Waals surface area contributed by atoms with Crippen molar-refractivity contribution >= 4 is 28.2 Å². The standard InChI is InChI=1S/C27H24N4O2/c1-33-25-15-9-8-14-22(25)30-26-16-23-21(18-28-26)24(32)17-27(29-19-10-4-2-5-11-19)31(23)20-12-6-3-7-13-20/h3-4,6-18,29H,2,5H2,1H3,(H,28,30). The van der Waals surface area contributed by atoms with E-state index in [-0.39, 0.29) is 5.43 Å². The summed E-state index contributed by atoms with van der Waals surface area (Å²) >= 11 is 0. The monoisotopic (exact) mass is 436 g/mol. The van der Waals surface area contributed by atoms with Crippen LogP contribution in [0.5, 0.6) is 5.75 Å². The Morgan fingerprint density at radius 2 is 1.79 bits per heavy atom. The topological polar surface area (TPSA) is 68.2 Å². The Labute approximate surface area is 191 Å². The Kier molecular flexibility index (Phi) is 5.64. The summed E-state index contributed by atoms with van der Waals surface area (Å²) in [7, 11) is 1.63. The molecule has 0 saturated heterocycles. The SMILES string of the molecule is COc1ccccc1Nc1cc2c(cn1)c(=O)cc(NC1=CCCC=C1)n2-c1ccccc1. The van der Waals surface area contributed by atoms with Crippen LogP contribution in [0.1, 0.15) is 12.8 Å². The molecular formula is C27H24N4O2. The van der Waals surface area contributed by atoms with E-state index < -0.39 is 0 Å². The number of aromatic nitrogens is 2. The summed E-state index contributed by atoms with van der Waals surface area (Å²) in [6.45, 7) is 0. The van der Waals surface area contributed by atoms with Crippen molar-refractivity contribution in [3.63, 3.8) is 0 Å². The highest BCUT2D eigenvalue weighted by Crippen LogP contribution is 2.29. The van der Waals surface area contributed by atoms with E-state index in [0.29, 0.717) is 22.8 Å². The van der Waals surface area contributed by atoms with E-state index in [1.807, 2.05) is 60.7 Å². The quantitative estimate of drug-likeness (QED) is 0.401. The molecule has 0 saturated carbocycles. The van der Waals surface area contributed by atoms with E-state index in [9.17, 15) is 4.79 Å². The van der Waals surface area contributed by atoms with Gasteiger partial charge in [-0.25, -0.2) is 4.98 Å². The highest BCUT2D eigenvalue weighted by atomic mass is 16.5. The van der Waals surface area contributed by atoms with E-state index in [4.69, 9.17) is 4.74 Å². The van der Waals surface area contributed by atoms with Gasteiger partial charge < -0.3 is 15.4 Å². The number of rotatable bonds is 6. The van der Waals surface area contributed by atoms with Gasteiger partial charge in [0.1, 0.15) is 17.4 Å². The van der Waals surface area contributed by atoms with Crippen molar-refractivity contribution < 1.29 is 4.74 Å². The van der Waals surface area contributed by atoms with Crippen molar-refractivity contribution in [1.29, 1.82) is 0 Å². The number of hydrogen-bond donors (Lipinski definition) is 2. The van der Waals surface area contributed by atoms with Gasteiger partial charge in [0.25, 0.3) is 0 Å².